The van der Waals surface area contributed by atoms with E-state index in [0.29, 0.717) is 22.8 Å². The number of esters is 1. The van der Waals surface area contributed by atoms with Gasteiger partial charge in [0.25, 0.3) is 5.91 Å². The van der Waals surface area contributed by atoms with Crippen LogP contribution in [0.15, 0.2) is 42.5 Å². The number of carbonyl (C=O) groups excluding carboxylic acids is 2. The Kier molecular flexibility index (Phi) is 8.11. The number of para-hydroxylation sites is 1. The second kappa shape index (κ2) is 10.6. The Labute approximate surface area is 182 Å². The summed E-state index contributed by atoms with van der Waals surface area (Å²) in [5.74, 6) is -0.659. The number of ether oxygens (including phenoxy) is 4. The van der Waals surface area contributed by atoms with E-state index in [9.17, 15) is 22.8 Å². The summed E-state index contributed by atoms with van der Waals surface area (Å²) in [5.41, 5.74) is -0.914. The van der Waals surface area contributed by atoms with E-state index in [2.05, 4.69) is 5.32 Å². The van der Waals surface area contributed by atoms with Crippen LogP contribution in [0.25, 0.3) is 6.08 Å². The van der Waals surface area contributed by atoms with E-state index >= 15 is 0 Å². The molecular formula is C22H22F3NO6. The summed E-state index contributed by atoms with van der Waals surface area (Å²) in [5, 5.41) is 2.13. The summed E-state index contributed by atoms with van der Waals surface area (Å²) >= 11 is 0. The van der Waals surface area contributed by atoms with Crippen LogP contribution in [0.3, 0.4) is 0 Å². The molecule has 0 saturated carbocycles. The Morgan fingerprint density at radius 1 is 1.00 bits per heavy atom. The Balaban J connectivity index is 2.07. The number of anilines is 1. The highest BCUT2D eigenvalue weighted by atomic mass is 19.4. The molecule has 0 aliphatic carbocycles. The van der Waals surface area contributed by atoms with Crippen molar-refractivity contribution in [2.24, 2.45) is 0 Å². The number of methoxy groups -OCH3 is 3. The van der Waals surface area contributed by atoms with Crippen molar-refractivity contribution in [3.05, 3.63) is 53.6 Å². The number of rotatable bonds is 8. The SMILES string of the molecule is COc1cc(/C=C/C(=O)OC(C)C(=O)Nc2ccccc2C(F)(F)F)cc(OC)c1OC. The Morgan fingerprint density at radius 3 is 2.12 bits per heavy atom. The van der Waals surface area contributed by atoms with Gasteiger partial charge < -0.3 is 24.3 Å². The quantitative estimate of drug-likeness (QED) is 0.474. The lowest BCUT2D eigenvalue weighted by molar-refractivity contribution is -0.148. The van der Waals surface area contributed by atoms with Crippen LogP contribution in [-0.2, 0) is 20.5 Å². The molecule has 0 fully saturated rings. The van der Waals surface area contributed by atoms with Crippen LogP contribution < -0.4 is 19.5 Å². The molecular weight excluding hydrogens is 431 g/mol. The van der Waals surface area contributed by atoms with E-state index < -0.39 is 35.4 Å². The number of carbonyl (C=O) groups is 2. The summed E-state index contributed by atoms with van der Waals surface area (Å²) < 4.78 is 59.8. The number of benzene rings is 2. The summed E-state index contributed by atoms with van der Waals surface area (Å²) in [6, 6.07) is 7.69. The molecule has 1 atom stereocenters. The van der Waals surface area contributed by atoms with E-state index in [-0.39, 0.29) is 0 Å². The third-order valence-corrected chi connectivity index (χ3v) is 4.25. The summed E-state index contributed by atoms with van der Waals surface area (Å²) in [4.78, 5) is 24.3. The van der Waals surface area contributed by atoms with Crippen molar-refractivity contribution in [3.8, 4) is 17.2 Å². The lowest BCUT2D eigenvalue weighted by Crippen LogP contribution is -2.30. The molecule has 0 aliphatic rings. The van der Waals surface area contributed by atoms with Crippen LogP contribution in [0.5, 0.6) is 17.2 Å². The predicted molar refractivity (Wildman–Crippen MR) is 111 cm³/mol. The first-order valence-electron chi connectivity index (χ1n) is 9.26. The molecule has 2 aromatic rings. The van der Waals surface area contributed by atoms with E-state index in [1.807, 2.05) is 0 Å². The first kappa shape index (κ1) is 24.6. The van der Waals surface area contributed by atoms with Gasteiger partial charge in [-0.15, -0.1) is 0 Å². The molecule has 1 amide bonds. The maximum Gasteiger partial charge on any atom is 0.418 e. The number of nitrogens with one attached hydrogen (secondary N) is 1. The van der Waals surface area contributed by atoms with Crippen LogP contribution in [-0.4, -0.2) is 39.3 Å². The van der Waals surface area contributed by atoms with Gasteiger partial charge >= 0.3 is 12.1 Å². The zero-order chi connectivity index (χ0) is 23.9. The molecule has 1 N–H and O–H groups in total. The standard InChI is InChI=1S/C22H22F3NO6/c1-13(21(28)26-16-8-6-5-7-15(16)22(23,24)25)32-19(27)10-9-14-11-17(29-2)20(31-4)18(12-14)30-3/h5-13H,1-4H3,(H,26,28)/b10-9+. The van der Waals surface area contributed by atoms with Gasteiger partial charge in [0.05, 0.1) is 32.6 Å². The highest BCUT2D eigenvalue weighted by molar-refractivity contribution is 5.97. The lowest BCUT2D eigenvalue weighted by atomic mass is 10.1. The maximum absolute atomic E-state index is 13.1. The van der Waals surface area contributed by atoms with Gasteiger partial charge in [0, 0.05) is 6.08 Å². The van der Waals surface area contributed by atoms with Crippen LogP contribution in [0.4, 0.5) is 18.9 Å². The molecule has 0 saturated heterocycles. The third-order valence-electron chi connectivity index (χ3n) is 4.25. The van der Waals surface area contributed by atoms with Gasteiger partial charge in [-0.3, -0.25) is 4.79 Å². The van der Waals surface area contributed by atoms with Crippen molar-refractivity contribution in [1.29, 1.82) is 0 Å². The van der Waals surface area contributed by atoms with Gasteiger partial charge in [-0.05, 0) is 42.8 Å². The molecule has 0 aromatic heterocycles. The lowest BCUT2D eigenvalue weighted by Gasteiger charge is -2.16. The van der Waals surface area contributed by atoms with E-state index in [1.165, 1.54) is 46.5 Å². The van der Waals surface area contributed by atoms with E-state index in [0.717, 1.165) is 18.2 Å². The molecule has 2 rings (SSSR count). The van der Waals surface area contributed by atoms with Gasteiger partial charge in [0.2, 0.25) is 5.75 Å². The largest absolute Gasteiger partial charge is 0.493 e. The molecule has 7 nitrogen and oxygen atoms in total. The average Bonchev–Trinajstić information content (AvgIpc) is 2.76. The second-order valence-corrected chi connectivity index (χ2v) is 6.40. The zero-order valence-electron chi connectivity index (χ0n) is 17.8. The van der Waals surface area contributed by atoms with Gasteiger partial charge in [-0.2, -0.15) is 13.2 Å². The molecule has 32 heavy (non-hydrogen) atoms. The molecule has 0 aliphatic heterocycles. The van der Waals surface area contributed by atoms with Crippen LogP contribution in [0, 0.1) is 0 Å². The van der Waals surface area contributed by atoms with Gasteiger partial charge in [-0.1, -0.05) is 12.1 Å². The highest BCUT2D eigenvalue weighted by Gasteiger charge is 2.34. The number of hydrogen-bond acceptors (Lipinski definition) is 6. The minimum Gasteiger partial charge on any atom is -0.493 e. The molecule has 2 aromatic carbocycles. The summed E-state index contributed by atoms with van der Waals surface area (Å²) in [6.07, 6.45) is -3.52. The normalized spacial score (nSPS) is 12.2. The fraction of sp³-hybridized carbons (Fsp3) is 0.273. The van der Waals surface area contributed by atoms with Crippen LogP contribution in [0.2, 0.25) is 0 Å². The minimum absolute atomic E-state index is 0.371. The molecule has 0 heterocycles. The topological polar surface area (TPSA) is 83.1 Å². The van der Waals surface area contributed by atoms with E-state index in [4.69, 9.17) is 18.9 Å². The molecule has 172 valence electrons. The minimum atomic E-state index is -4.65. The summed E-state index contributed by atoms with van der Waals surface area (Å²) in [7, 11) is 4.33. The van der Waals surface area contributed by atoms with Crippen molar-refractivity contribution < 1.29 is 41.7 Å². The second-order valence-electron chi connectivity index (χ2n) is 6.40. The van der Waals surface area contributed by atoms with Crippen molar-refractivity contribution in [1.82, 2.24) is 0 Å². The molecule has 1 unspecified atom stereocenters. The molecule has 0 radical (unpaired) electrons. The maximum atomic E-state index is 13.1. The predicted octanol–water partition coefficient (Wildman–Crippen LogP) is 4.31. The number of alkyl halides is 3. The van der Waals surface area contributed by atoms with Gasteiger partial charge in [0.15, 0.2) is 17.6 Å². The average molecular weight is 453 g/mol. The number of amides is 1. The first-order chi connectivity index (χ1) is 15.1. The smallest absolute Gasteiger partial charge is 0.418 e. The van der Waals surface area contributed by atoms with Crippen molar-refractivity contribution >= 4 is 23.6 Å². The fourth-order valence-corrected chi connectivity index (χ4v) is 2.70. The summed E-state index contributed by atoms with van der Waals surface area (Å²) in [6.45, 7) is 1.25. The van der Waals surface area contributed by atoms with Gasteiger partial charge in [-0.25, -0.2) is 4.79 Å². The van der Waals surface area contributed by atoms with Crippen LogP contribution >= 0.6 is 0 Å². The van der Waals surface area contributed by atoms with Gasteiger partial charge in [0.1, 0.15) is 0 Å². The molecule has 0 spiro atoms. The molecule has 0 bridgehead atoms. The van der Waals surface area contributed by atoms with Crippen molar-refractivity contribution in [2.75, 3.05) is 26.6 Å². The number of hydrogen-bond donors (Lipinski definition) is 1. The van der Waals surface area contributed by atoms with Crippen molar-refractivity contribution in [3.63, 3.8) is 0 Å². The van der Waals surface area contributed by atoms with Crippen LogP contribution in [0.1, 0.15) is 18.1 Å². The van der Waals surface area contributed by atoms with Crippen molar-refractivity contribution in [2.45, 2.75) is 19.2 Å². The Morgan fingerprint density at radius 2 is 1.59 bits per heavy atom. The monoisotopic (exact) mass is 453 g/mol. The third kappa shape index (κ3) is 6.16. The Hall–Kier alpha value is -3.69. The van der Waals surface area contributed by atoms with E-state index in [1.54, 1.807) is 12.1 Å². The first-order valence-corrected chi connectivity index (χ1v) is 9.26. The highest BCUT2D eigenvalue weighted by Crippen LogP contribution is 2.38. The molecule has 10 heteroatoms. The fourth-order valence-electron chi connectivity index (χ4n) is 2.70. The zero-order valence-corrected chi connectivity index (χ0v) is 17.8. The Bertz CT molecular complexity index is 978. The number of halogens is 3.